The van der Waals surface area contributed by atoms with E-state index in [2.05, 4.69) is 115 Å². The van der Waals surface area contributed by atoms with Gasteiger partial charge in [0, 0.05) is 0 Å². The fourth-order valence-electron chi connectivity index (χ4n) is 7.95. The average molecular weight is 516 g/mol. The van der Waals surface area contributed by atoms with E-state index in [4.69, 9.17) is 0 Å². The summed E-state index contributed by atoms with van der Waals surface area (Å²) >= 11 is -3.50. The second kappa shape index (κ2) is 7.51. The van der Waals surface area contributed by atoms with E-state index in [0.29, 0.717) is 11.8 Å². The van der Waals surface area contributed by atoms with Crippen LogP contribution in [0.25, 0.3) is 0 Å². The third-order valence-corrected chi connectivity index (χ3v) is 26.9. The van der Waals surface area contributed by atoms with Crippen molar-refractivity contribution in [3.63, 3.8) is 0 Å². The molecule has 0 saturated heterocycles. The number of benzene rings is 2. The maximum absolute atomic E-state index is 3.50. The third kappa shape index (κ3) is 2.63. The van der Waals surface area contributed by atoms with Gasteiger partial charge in [-0.25, -0.2) is 0 Å². The Bertz CT molecular complexity index is 1140. The zero-order valence-corrected chi connectivity index (χ0v) is 24.4. The molecule has 0 fully saturated rings. The molecule has 4 bridgehead atoms. The van der Waals surface area contributed by atoms with E-state index in [1.807, 2.05) is 6.56 Å². The van der Waals surface area contributed by atoms with Gasteiger partial charge in [0.05, 0.1) is 0 Å². The summed E-state index contributed by atoms with van der Waals surface area (Å²) in [6.45, 7) is 20.2. The van der Waals surface area contributed by atoms with E-state index in [1.54, 1.807) is 39.2 Å². The van der Waals surface area contributed by atoms with Crippen molar-refractivity contribution in [2.75, 3.05) is 0 Å². The van der Waals surface area contributed by atoms with Crippen LogP contribution in [0.15, 0.2) is 99.9 Å². The molecule has 2 aromatic rings. The van der Waals surface area contributed by atoms with Crippen molar-refractivity contribution in [3.8, 4) is 0 Å². The minimum absolute atomic E-state index is 0.542. The first-order valence-corrected chi connectivity index (χ1v) is 20.0. The SMILES string of the molecule is CC1=[C]2C(C)C(C)=C1[Si](C)(C)C1=C(C)C(C)[C](=C1C)[Zr]2([c]1ccccc1)[c]1ccccc1. The van der Waals surface area contributed by atoms with E-state index >= 15 is 0 Å². The predicted octanol–water partition coefficient (Wildman–Crippen LogP) is 7.07. The molecule has 1 aliphatic heterocycles. The number of fused-ring (bicyclic) bond motifs is 2. The van der Waals surface area contributed by atoms with Gasteiger partial charge >= 0.3 is 201 Å². The molecular weight excluding hydrogens is 480 g/mol. The number of hydrogen-bond acceptors (Lipinski definition) is 0. The van der Waals surface area contributed by atoms with Crippen LogP contribution in [-0.2, 0) is 20.3 Å². The zero-order valence-electron chi connectivity index (χ0n) is 20.9. The van der Waals surface area contributed by atoms with E-state index in [0.717, 1.165) is 0 Å². The van der Waals surface area contributed by atoms with Crippen LogP contribution in [-0.4, -0.2) is 8.07 Å². The van der Waals surface area contributed by atoms with E-state index in [1.165, 1.54) is 0 Å². The van der Waals surface area contributed by atoms with Crippen molar-refractivity contribution in [2.45, 2.75) is 54.6 Å². The van der Waals surface area contributed by atoms with Gasteiger partial charge in [-0.15, -0.1) is 0 Å². The fraction of sp³-hybridized carbons (Fsp3) is 0.333. The number of rotatable bonds is 2. The summed E-state index contributed by atoms with van der Waals surface area (Å²) < 4.78 is 6.92. The normalized spacial score (nSPS) is 26.1. The Balaban J connectivity index is 2.04. The Morgan fingerprint density at radius 2 is 0.938 bits per heavy atom. The monoisotopic (exact) mass is 514 g/mol. The van der Waals surface area contributed by atoms with Crippen LogP contribution in [0.4, 0.5) is 0 Å². The average Bonchev–Trinajstić information content (AvgIpc) is 3.15. The second-order valence-electron chi connectivity index (χ2n) is 10.7. The molecule has 2 aliphatic carbocycles. The van der Waals surface area contributed by atoms with Crippen LogP contribution >= 0.6 is 0 Å². The Morgan fingerprint density at radius 1 is 0.594 bits per heavy atom. The van der Waals surface area contributed by atoms with Crippen molar-refractivity contribution in [1.29, 1.82) is 0 Å². The van der Waals surface area contributed by atoms with Gasteiger partial charge < -0.3 is 0 Å². The third-order valence-electron chi connectivity index (χ3n) is 8.98. The molecule has 0 spiro atoms. The van der Waals surface area contributed by atoms with E-state index in [-0.39, 0.29) is 0 Å². The molecule has 3 aliphatic rings. The van der Waals surface area contributed by atoms with Crippen LogP contribution in [0.1, 0.15) is 41.5 Å². The zero-order chi connectivity index (χ0) is 23.0. The van der Waals surface area contributed by atoms with Gasteiger partial charge in [-0.3, -0.25) is 0 Å². The summed E-state index contributed by atoms with van der Waals surface area (Å²) in [4.78, 5) is 0. The predicted molar refractivity (Wildman–Crippen MR) is 139 cm³/mol. The Hall–Kier alpha value is -1.50. The van der Waals surface area contributed by atoms with E-state index in [9.17, 15) is 0 Å². The maximum atomic E-state index is 2.62. The van der Waals surface area contributed by atoms with Crippen molar-refractivity contribution in [1.82, 2.24) is 0 Å². The van der Waals surface area contributed by atoms with Crippen molar-refractivity contribution >= 4 is 14.6 Å². The molecule has 2 heteroatoms. The van der Waals surface area contributed by atoms with Crippen molar-refractivity contribution in [3.05, 3.63) is 99.9 Å². The molecule has 0 nitrogen and oxygen atoms in total. The minimum atomic E-state index is -3.50. The number of hydrogen-bond donors (Lipinski definition) is 0. The summed E-state index contributed by atoms with van der Waals surface area (Å²) in [7, 11) is -1.77. The molecule has 2 unspecified atom stereocenters. The van der Waals surface area contributed by atoms with Gasteiger partial charge in [0.2, 0.25) is 0 Å². The fourth-order valence-corrected chi connectivity index (χ4v) is 29.0. The molecule has 0 N–H and O–H groups in total. The molecule has 164 valence electrons. The van der Waals surface area contributed by atoms with Crippen LogP contribution in [0.3, 0.4) is 0 Å². The van der Waals surface area contributed by atoms with E-state index < -0.39 is 28.3 Å². The first-order chi connectivity index (χ1) is 15.2. The molecule has 0 radical (unpaired) electrons. The molecule has 2 aromatic carbocycles. The molecule has 2 atom stereocenters. The molecule has 0 aromatic heterocycles. The van der Waals surface area contributed by atoms with Gasteiger partial charge in [-0.1, -0.05) is 0 Å². The van der Waals surface area contributed by atoms with Crippen LogP contribution in [0, 0.1) is 11.8 Å². The molecule has 5 rings (SSSR count). The number of allylic oxidation sites excluding steroid dienone is 8. The summed E-state index contributed by atoms with van der Waals surface area (Å²) in [6, 6.07) is 23.4. The standard InChI is InChI=1S/C18H26Si.2C6H5.Zr/c1-11-9-13(3)17(15(11)5)19(7,8)18-14(4)10-12(2)16(18)6;2*1-2-4-6-5-3-1;/h11-12H,1-8H3;2*1-5H;. The van der Waals surface area contributed by atoms with Crippen LogP contribution in [0.5, 0.6) is 0 Å². The van der Waals surface area contributed by atoms with Gasteiger partial charge in [0.25, 0.3) is 0 Å². The van der Waals surface area contributed by atoms with Crippen molar-refractivity contribution < 1.29 is 20.3 Å². The molecular formula is C30H36SiZr. The second-order valence-corrected chi connectivity index (χ2v) is 24.2. The summed E-state index contributed by atoms with van der Waals surface area (Å²) in [6.07, 6.45) is 0. The molecule has 32 heavy (non-hydrogen) atoms. The van der Waals surface area contributed by atoms with Gasteiger partial charge in [-0.2, -0.15) is 0 Å². The molecule has 0 amide bonds. The summed E-state index contributed by atoms with van der Waals surface area (Å²) in [5, 5.41) is 3.52. The summed E-state index contributed by atoms with van der Waals surface area (Å²) in [5.74, 6) is 1.08. The van der Waals surface area contributed by atoms with Crippen molar-refractivity contribution in [2.24, 2.45) is 11.8 Å². The quantitative estimate of drug-likeness (QED) is 0.375. The van der Waals surface area contributed by atoms with Gasteiger partial charge in [0.15, 0.2) is 0 Å². The first-order valence-electron chi connectivity index (χ1n) is 12.1. The Labute approximate surface area is 200 Å². The van der Waals surface area contributed by atoms with Gasteiger partial charge in [0.1, 0.15) is 0 Å². The summed E-state index contributed by atoms with van der Waals surface area (Å²) in [5.41, 5.74) is 6.66. The van der Waals surface area contributed by atoms with Crippen LogP contribution < -0.4 is 6.54 Å². The Morgan fingerprint density at radius 3 is 1.28 bits per heavy atom. The topological polar surface area (TPSA) is 0 Å². The first kappa shape index (κ1) is 22.3. The van der Waals surface area contributed by atoms with Gasteiger partial charge in [-0.05, 0) is 0 Å². The molecule has 1 heterocycles. The Kier molecular flexibility index (Phi) is 5.23. The van der Waals surface area contributed by atoms with Crippen LogP contribution in [0.2, 0.25) is 13.1 Å². The molecule has 0 saturated carbocycles.